The Labute approximate surface area is 127 Å². The van der Waals surface area contributed by atoms with Crippen molar-refractivity contribution in [3.63, 3.8) is 0 Å². The zero-order chi connectivity index (χ0) is 14.4. The van der Waals surface area contributed by atoms with Crippen LogP contribution in [0.2, 0.25) is 4.34 Å². The lowest BCUT2D eigenvalue weighted by molar-refractivity contribution is 0.417. The van der Waals surface area contributed by atoms with E-state index in [1.165, 1.54) is 4.88 Å². The highest BCUT2D eigenvalue weighted by molar-refractivity contribution is 7.16. The van der Waals surface area contributed by atoms with Crippen LogP contribution in [0.25, 0.3) is 0 Å². The molecule has 0 aliphatic carbocycles. The van der Waals surface area contributed by atoms with Crippen LogP contribution in [0, 0.1) is 0 Å². The molecule has 0 bridgehead atoms. The summed E-state index contributed by atoms with van der Waals surface area (Å²) in [5.74, 6) is 1.10. The number of para-hydroxylation sites is 2. The molecule has 0 aliphatic rings. The van der Waals surface area contributed by atoms with Gasteiger partial charge in [-0.3, -0.25) is 4.99 Å². The van der Waals surface area contributed by atoms with Gasteiger partial charge in [-0.1, -0.05) is 23.7 Å². The molecule has 2 rings (SSSR count). The fourth-order valence-electron chi connectivity index (χ4n) is 1.70. The third-order valence-corrected chi connectivity index (χ3v) is 3.93. The maximum absolute atomic E-state index is 5.87. The van der Waals surface area contributed by atoms with Crippen LogP contribution in [0.3, 0.4) is 0 Å². The molecule has 0 amide bonds. The number of hydrogen-bond donors (Lipinski definition) is 2. The SMILES string of the molecule is COc1ccccc1NC(N)=NCCc1ccc(Cl)s1. The molecule has 0 spiro atoms. The number of nitrogens with two attached hydrogens (primary N) is 1. The van der Waals surface area contributed by atoms with Gasteiger partial charge < -0.3 is 15.8 Å². The van der Waals surface area contributed by atoms with E-state index in [9.17, 15) is 0 Å². The number of hydrogen-bond acceptors (Lipinski definition) is 3. The third-order valence-electron chi connectivity index (χ3n) is 2.64. The van der Waals surface area contributed by atoms with E-state index in [0.29, 0.717) is 12.5 Å². The van der Waals surface area contributed by atoms with Crippen molar-refractivity contribution in [3.8, 4) is 5.75 Å². The number of guanidine groups is 1. The van der Waals surface area contributed by atoms with Crippen molar-refractivity contribution >= 4 is 34.6 Å². The molecule has 1 heterocycles. The van der Waals surface area contributed by atoms with Crippen LogP contribution in [0.15, 0.2) is 41.4 Å². The smallest absolute Gasteiger partial charge is 0.193 e. The van der Waals surface area contributed by atoms with Gasteiger partial charge in [0.2, 0.25) is 0 Å². The van der Waals surface area contributed by atoms with E-state index in [1.54, 1.807) is 18.4 Å². The number of thiophene rings is 1. The molecular weight excluding hydrogens is 294 g/mol. The van der Waals surface area contributed by atoms with Crippen molar-refractivity contribution < 1.29 is 4.74 Å². The molecule has 0 atom stereocenters. The summed E-state index contributed by atoms with van der Waals surface area (Å²) >= 11 is 7.44. The molecule has 0 saturated heterocycles. The summed E-state index contributed by atoms with van der Waals surface area (Å²) in [4.78, 5) is 5.49. The average Bonchev–Trinajstić information content (AvgIpc) is 2.85. The van der Waals surface area contributed by atoms with Crippen molar-refractivity contribution in [3.05, 3.63) is 45.6 Å². The number of rotatable bonds is 5. The second kappa shape index (κ2) is 7.17. The van der Waals surface area contributed by atoms with E-state index in [2.05, 4.69) is 10.3 Å². The first-order chi connectivity index (χ1) is 9.69. The Morgan fingerprint density at radius 1 is 1.35 bits per heavy atom. The Kier molecular flexibility index (Phi) is 5.26. The summed E-state index contributed by atoms with van der Waals surface area (Å²) < 4.78 is 6.03. The predicted octanol–water partition coefficient (Wildman–Crippen LogP) is 3.38. The molecule has 106 valence electrons. The Balaban J connectivity index is 1.90. The summed E-state index contributed by atoms with van der Waals surface area (Å²) in [6, 6.07) is 11.5. The third kappa shape index (κ3) is 4.15. The number of halogens is 1. The quantitative estimate of drug-likeness (QED) is 0.657. The standard InChI is InChI=1S/C14H16ClN3OS/c1-19-12-5-3-2-4-11(12)18-14(16)17-9-8-10-6-7-13(15)20-10/h2-7H,8-9H2,1H3,(H3,16,17,18). The van der Waals surface area contributed by atoms with E-state index in [-0.39, 0.29) is 0 Å². The molecule has 0 aliphatic heterocycles. The second-order valence-corrected chi connectivity index (χ2v) is 5.85. The number of methoxy groups -OCH3 is 1. The largest absolute Gasteiger partial charge is 0.495 e. The first-order valence-electron chi connectivity index (χ1n) is 6.13. The number of aliphatic imine (C=N–C) groups is 1. The monoisotopic (exact) mass is 309 g/mol. The first kappa shape index (κ1) is 14.7. The number of anilines is 1. The number of ether oxygens (including phenoxy) is 1. The van der Waals surface area contributed by atoms with Gasteiger partial charge in [0.1, 0.15) is 5.75 Å². The Morgan fingerprint density at radius 2 is 2.15 bits per heavy atom. The molecule has 0 fully saturated rings. The zero-order valence-corrected chi connectivity index (χ0v) is 12.7. The maximum atomic E-state index is 5.87. The molecule has 20 heavy (non-hydrogen) atoms. The van der Waals surface area contributed by atoms with E-state index < -0.39 is 0 Å². The molecule has 6 heteroatoms. The van der Waals surface area contributed by atoms with Gasteiger partial charge in [0.15, 0.2) is 5.96 Å². The summed E-state index contributed by atoms with van der Waals surface area (Å²) in [6.45, 7) is 0.616. The normalized spacial score (nSPS) is 11.4. The summed E-state index contributed by atoms with van der Waals surface area (Å²) in [5, 5.41) is 3.03. The Hall–Kier alpha value is -1.72. The minimum absolute atomic E-state index is 0.372. The Bertz CT molecular complexity index is 598. The second-order valence-electron chi connectivity index (χ2n) is 4.05. The zero-order valence-electron chi connectivity index (χ0n) is 11.1. The lowest BCUT2D eigenvalue weighted by Gasteiger charge is -2.09. The highest BCUT2D eigenvalue weighted by atomic mass is 35.5. The number of benzene rings is 1. The lowest BCUT2D eigenvalue weighted by Crippen LogP contribution is -2.23. The van der Waals surface area contributed by atoms with E-state index >= 15 is 0 Å². The summed E-state index contributed by atoms with van der Waals surface area (Å²) in [6.07, 6.45) is 0.825. The van der Waals surface area contributed by atoms with Gasteiger partial charge in [0.25, 0.3) is 0 Å². The number of nitrogens with one attached hydrogen (secondary N) is 1. The summed E-state index contributed by atoms with van der Waals surface area (Å²) in [5.41, 5.74) is 6.66. The predicted molar refractivity (Wildman–Crippen MR) is 86.1 cm³/mol. The first-order valence-corrected chi connectivity index (χ1v) is 7.32. The summed E-state index contributed by atoms with van der Waals surface area (Å²) in [7, 11) is 1.62. The van der Waals surface area contributed by atoms with Gasteiger partial charge in [0, 0.05) is 17.8 Å². The van der Waals surface area contributed by atoms with Gasteiger partial charge in [-0.2, -0.15) is 0 Å². The molecule has 4 nitrogen and oxygen atoms in total. The van der Waals surface area contributed by atoms with Crippen LogP contribution in [0.1, 0.15) is 4.88 Å². The lowest BCUT2D eigenvalue weighted by atomic mass is 10.3. The molecule has 0 radical (unpaired) electrons. The van der Waals surface area contributed by atoms with Crippen LogP contribution in [-0.2, 0) is 6.42 Å². The van der Waals surface area contributed by atoms with E-state index in [4.69, 9.17) is 22.1 Å². The van der Waals surface area contributed by atoms with E-state index in [1.807, 2.05) is 36.4 Å². The molecule has 0 saturated carbocycles. The van der Waals surface area contributed by atoms with Crippen molar-refractivity contribution in [2.45, 2.75) is 6.42 Å². The fraction of sp³-hybridized carbons (Fsp3) is 0.214. The van der Waals surface area contributed by atoms with Gasteiger partial charge >= 0.3 is 0 Å². The van der Waals surface area contributed by atoms with Crippen molar-refractivity contribution in [1.29, 1.82) is 0 Å². The molecule has 0 unspecified atom stereocenters. The van der Waals surface area contributed by atoms with Gasteiger partial charge in [-0.15, -0.1) is 11.3 Å². The van der Waals surface area contributed by atoms with Gasteiger partial charge in [0.05, 0.1) is 17.1 Å². The van der Waals surface area contributed by atoms with Crippen molar-refractivity contribution in [2.24, 2.45) is 10.7 Å². The highest BCUT2D eigenvalue weighted by Crippen LogP contribution is 2.23. The average molecular weight is 310 g/mol. The van der Waals surface area contributed by atoms with Gasteiger partial charge in [-0.25, -0.2) is 0 Å². The van der Waals surface area contributed by atoms with Crippen LogP contribution in [0.5, 0.6) is 5.75 Å². The van der Waals surface area contributed by atoms with Crippen LogP contribution in [-0.4, -0.2) is 19.6 Å². The topological polar surface area (TPSA) is 59.6 Å². The van der Waals surface area contributed by atoms with Crippen LogP contribution < -0.4 is 15.8 Å². The maximum Gasteiger partial charge on any atom is 0.193 e. The van der Waals surface area contributed by atoms with Gasteiger partial charge in [-0.05, 0) is 24.3 Å². The molecule has 1 aromatic heterocycles. The van der Waals surface area contributed by atoms with Crippen molar-refractivity contribution in [2.75, 3.05) is 19.0 Å². The molecule has 3 N–H and O–H groups in total. The van der Waals surface area contributed by atoms with Crippen molar-refractivity contribution in [1.82, 2.24) is 0 Å². The fourth-order valence-corrected chi connectivity index (χ4v) is 2.77. The Morgan fingerprint density at radius 3 is 2.85 bits per heavy atom. The number of nitrogens with zero attached hydrogens (tertiary/aromatic N) is 1. The minimum Gasteiger partial charge on any atom is -0.495 e. The van der Waals surface area contributed by atoms with Crippen LogP contribution in [0.4, 0.5) is 5.69 Å². The highest BCUT2D eigenvalue weighted by Gasteiger charge is 2.02. The van der Waals surface area contributed by atoms with E-state index in [0.717, 1.165) is 22.2 Å². The molecule has 1 aromatic carbocycles. The minimum atomic E-state index is 0.372. The van der Waals surface area contributed by atoms with Crippen LogP contribution >= 0.6 is 22.9 Å². The molecule has 2 aromatic rings. The molecular formula is C14H16ClN3OS.